The van der Waals surface area contributed by atoms with E-state index in [4.69, 9.17) is 0 Å². The van der Waals surface area contributed by atoms with Gasteiger partial charge in [0.15, 0.2) is 0 Å². The Labute approximate surface area is 69.1 Å². The molecule has 0 aliphatic heterocycles. The highest BCUT2D eigenvalue weighted by Gasteiger charge is 2.12. The summed E-state index contributed by atoms with van der Waals surface area (Å²) in [6, 6.07) is 0. The molecule has 1 nitrogen and oxygen atoms in total. The molecule has 0 spiro atoms. The molecule has 0 fully saturated rings. The van der Waals surface area contributed by atoms with Crippen molar-refractivity contribution in [3.05, 3.63) is 11.6 Å². The number of rotatable bonds is 0. The summed E-state index contributed by atoms with van der Waals surface area (Å²) in [7, 11) is 0. The van der Waals surface area contributed by atoms with Crippen molar-refractivity contribution in [1.82, 2.24) is 0 Å². The first-order chi connectivity index (χ1) is 5.18. The molecule has 0 radical (unpaired) electrons. The zero-order chi connectivity index (χ0) is 8.27. The summed E-state index contributed by atoms with van der Waals surface area (Å²) in [5, 5.41) is 9.51. The standard InChI is InChI=1S/C10H18O/c1-8-4-3-5-9(2)7-10(11)6-8/h4,9-11H,3,5-7H2,1-2H3. The molecule has 0 aromatic carbocycles. The van der Waals surface area contributed by atoms with E-state index >= 15 is 0 Å². The minimum Gasteiger partial charge on any atom is -0.393 e. The summed E-state index contributed by atoms with van der Waals surface area (Å²) in [5.41, 5.74) is 1.35. The van der Waals surface area contributed by atoms with Gasteiger partial charge >= 0.3 is 0 Å². The predicted molar refractivity (Wildman–Crippen MR) is 47.4 cm³/mol. The molecule has 0 heterocycles. The molecular weight excluding hydrogens is 136 g/mol. The van der Waals surface area contributed by atoms with Crippen molar-refractivity contribution >= 4 is 0 Å². The molecule has 0 aromatic rings. The van der Waals surface area contributed by atoms with Gasteiger partial charge in [-0.3, -0.25) is 0 Å². The van der Waals surface area contributed by atoms with Crippen LogP contribution in [0.1, 0.15) is 39.5 Å². The number of allylic oxidation sites excluding steroid dienone is 1. The molecule has 0 amide bonds. The zero-order valence-electron chi connectivity index (χ0n) is 7.51. The molecule has 2 atom stereocenters. The summed E-state index contributed by atoms with van der Waals surface area (Å²) in [4.78, 5) is 0. The van der Waals surface area contributed by atoms with Crippen molar-refractivity contribution in [3.63, 3.8) is 0 Å². The van der Waals surface area contributed by atoms with E-state index in [0.29, 0.717) is 5.92 Å². The summed E-state index contributed by atoms with van der Waals surface area (Å²) in [6.45, 7) is 4.33. The number of hydrogen-bond donors (Lipinski definition) is 1. The van der Waals surface area contributed by atoms with E-state index in [-0.39, 0.29) is 6.10 Å². The van der Waals surface area contributed by atoms with E-state index in [1.807, 2.05) is 0 Å². The van der Waals surface area contributed by atoms with Crippen molar-refractivity contribution in [2.24, 2.45) is 5.92 Å². The predicted octanol–water partition coefficient (Wildman–Crippen LogP) is 2.50. The van der Waals surface area contributed by atoms with E-state index in [2.05, 4.69) is 19.9 Å². The second-order valence-corrected chi connectivity index (χ2v) is 3.83. The summed E-state index contributed by atoms with van der Waals surface area (Å²) in [6.07, 6.45) is 6.45. The fourth-order valence-corrected chi connectivity index (χ4v) is 1.73. The van der Waals surface area contributed by atoms with E-state index < -0.39 is 0 Å². The average Bonchev–Trinajstić information content (AvgIpc) is 1.83. The normalized spacial score (nSPS) is 33.9. The van der Waals surface area contributed by atoms with Crippen LogP contribution in [0.15, 0.2) is 11.6 Å². The summed E-state index contributed by atoms with van der Waals surface area (Å²) in [5.74, 6) is 0.689. The van der Waals surface area contributed by atoms with Crippen molar-refractivity contribution in [2.45, 2.75) is 45.6 Å². The van der Waals surface area contributed by atoms with E-state index in [9.17, 15) is 5.11 Å². The van der Waals surface area contributed by atoms with Gasteiger partial charge in [-0.2, -0.15) is 0 Å². The molecule has 0 saturated heterocycles. The Balaban J connectivity index is 2.50. The Hall–Kier alpha value is -0.300. The maximum absolute atomic E-state index is 9.51. The highest BCUT2D eigenvalue weighted by atomic mass is 16.3. The van der Waals surface area contributed by atoms with Gasteiger partial charge in [0.25, 0.3) is 0 Å². The highest BCUT2D eigenvalue weighted by Crippen LogP contribution is 2.21. The van der Waals surface area contributed by atoms with Gasteiger partial charge in [0.1, 0.15) is 0 Å². The van der Waals surface area contributed by atoms with Crippen LogP contribution < -0.4 is 0 Å². The Bertz CT molecular complexity index is 149. The number of hydrogen-bond acceptors (Lipinski definition) is 1. The third-order valence-electron chi connectivity index (χ3n) is 2.38. The average molecular weight is 154 g/mol. The zero-order valence-corrected chi connectivity index (χ0v) is 7.51. The van der Waals surface area contributed by atoms with Crippen LogP contribution in [0.25, 0.3) is 0 Å². The maximum Gasteiger partial charge on any atom is 0.0579 e. The molecule has 1 N–H and O–H groups in total. The van der Waals surface area contributed by atoms with E-state index in [0.717, 1.165) is 12.8 Å². The van der Waals surface area contributed by atoms with Crippen LogP contribution in [-0.4, -0.2) is 11.2 Å². The Morgan fingerprint density at radius 2 is 2.27 bits per heavy atom. The van der Waals surface area contributed by atoms with Crippen molar-refractivity contribution in [2.75, 3.05) is 0 Å². The lowest BCUT2D eigenvalue weighted by atomic mass is 9.91. The molecule has 1 rings (SSSR count). The minimum absolute atomic E-state index is 0.0958. The van der Waals surface area contributed by atoms with Gasteiger partial charge in [0.05, 0.1) is 6.10 Å². The van der Waals surface area contributed by atoms with Crippen LogP contribution in [0.3, 0.4) is 0 Å². The Morgan fingerprint density at radius 1 is 1.55 bits per heavy atom. The Kier molecular flexibility index (Phi) is 3.13. The number of aliphatic hydroxyl groups excluding tert-OH is 1. The SMILES string of the molecule is CC1=CCCC(C)CC(O)C1. The van der Waals surface area contributed by atoms with Crippen LogP contribution in [0.4, 0.5) is 0 Å². The van der Waals surface area contributed by atoms with Gasteiger partial charge in [-0.15, -0.1) is 0 Å². The molecule has 1 aliphatic carbocycles. The molecule has 1 aliphatic rings. The van der Waals surface area contributed by atoms with Crippen LogP contribution in [-0.2, 0) is 0 Å². The smallest absolute Gasteiger partial charge is 0.0579 e. The first-order valence-electron chi connectivity index (χ1n) is 4.52. The molecule has 0 bridgehead atoms. The van der Waals surface area contributed by atoms with Crippen LogP contribution in [0.2, 0.25) is 0 Å². The first-order valence-corrected chi connectivity index (χ1v) is 4.52. The van der Waals surface area contributed by atoms with Crippen LogP contribution >= 0.6 is 0 Å². The molecule has 11 heavy (non-hydrogen) atoms. The monoisotopic (exact) mass is 154 g/mol. The van der Waals surface area contributed by atoms with Gasteiger partial charge < -0.3 is 5.11 Å². The Morgan fingerprint density at radius 3 is 3.00 bits per heavy atom. The van der Waals surface area contributed by atoms with E-state index in [1.54, 1.807) is 0 Å². The topological polar surface area (TPSA) is 20.2 Å². The van der Waals surface area contributed by atoms with Crippen molar-refractivity contribution in [1.29, 1.82) is 0 Å². The second-order valence-electron chi connectivity index (χ2n) is 3.83. The lowest BCUT2D eigenvalue weighted by Gasteiger charge is -2.19. The lowest BCUT2D eigenvalue weighted by Crippen LogP contribution is -2.13. The second kappa shape index (κ2) is 3.91. The van der Waals surface area contributed by atoms with Gasteiger partial charge in [0, 0.05) is 0 Å². The maximum atomic E-state index is 9.51. The molecule has 1 heteroatoms. The first kappa shape index (κ1) is 8.79. The van der Waals surface area contributed by atoms with Crippen LogP contribution in [0.5, 0.6) is 0 Å². The molecule has 2 unspecified atom stereocenters. The molecule has 64 valence electrons. The van der Waals surface area contributed by atoms with Gasteiger partial charge in [-0.1, -0.05) is 18.6 Å². The molecular formula is C10H18O. The third kappa shape index (κ3) is 3.06. The van der Waals surface area contributed by atoms with Crippen molar-refractivity contribution in [3.8, 4) is 0 Å². The summed E-state index contributed by atoms with van der Waals surface area (Å²) >= 11 is 0. The van der Waals surface area contributed by atoms with Gasteiger partial charge in [0.2, 0.25) is 0 Å². The van der Waals surface area contributed by atoms with Crippen molar-refractivity contribution < 1.29 is 5.11 Å². The molecule has 0 saturated carbocycles. The van der Waals surface area contributed by atoms with E-state index in [1.165, 1.54) is 18.4 Å². The fourth-order valence-electron chi connectivity index (χ4n) is 1.73. The summed E-state index contributed by atoms with van der Waals surface area (Å²) < 4.78 is 0. The third-order valence-corrected chi connectivity index (χ3v) is 2.38. The highest BCUT2D eigenvalue weighted by molar-refractivity contribution is 5.01. The number of aliphatic hydroxyl groups is 1. The van der Waals surface area contributed by atoms with Gasteiger partial charge in [-0.25, -0.2) is 0 Å². The quantitative estimate of drug-likeness (QED) is 0.531. The lowest BCUT2D eigenvalue weighted by molar-refractivity contribution is 0.141. The fraction of sp³-hybridized carbons (Fsp3) is 0.800. The van der Waals surface area contributed by atoms with Crippen LogP contribution in [0, 0.1) is 5.92 Å². The van der Waals surface area contributed by atoms with Gasteiger partial charge in [-0.05, 0) is 38.5 Å². The minimum atomic E-state index is -0.0958. The largest absolute Gasteiger partial charge is 0.393 e. The molecule has 0 aromatic heterocycles.